The van der Waals surface area contributed by atoms with E-state index in [1.807, 2.05) is 11.0 Å². The Morgan fingerprint density at radius 1 is 1.59 bits per heavy atom. The van der Waals surface area contributed by atoms with Crippen molar-refractivity contribution >= 4 is 23.0 Å². The lowest BCUT2D eigenvalue weighted by atomic mass is 10.2. The predicted octanol–water partition coefficient (Wildman–Crippen LogP) is 0.161. The van der Waals surface area contributed by atoms with E-state index in [0.717, 1.165) is 0 Å². The number of ether oxygens (including phenoxy) is 1. The highest BCUT2D eigenvalue weighted by Gasteiger charge is 2.13. The maximum absolute atomic E-state index is 9.05. The summed E-state index contributed by atoms with van der Waals surface area (Å²) < 4.78 is 5.03. The van der Waals surface area contributed by atoms with Crippen LogP contribution < -0.4 is 10.6 Å². The van der Waals surface area contributed by atoms with E-state index in [9.17, 15) is 0 Å². The number of hydrogen-bond acceptors (Lipinski definition) is 5. The zero-order valence-corrected chi connectivity index (χ0v) is 10.6. The average molecular weight is 255 g/mol. The van der Waals surface area contributed by atoms with Crippen LogP contribution in [0.4, 0.5) is 5.82 Å². The van der Waals surface area contributed by atoms with Gasteiger partial charge in [0.1, 0.15) is 10.8 Å². The third-order valence-electron chi connectivity index (χ3n) is 2.29. The summed E-state index contributed by atoms with van der Waals surface area (Å²) in [6, 6.07) is 3.60. The van der Waals surface area contributed by atoms with Gasteiger partial charge in [-0.15, -0.1) is 0 Å². The van der Waals surface area contributed by atoms with E-state index in [2.05, 4.69) is 4.98 Å². The fourth-order valence-electron chi connectivity index (χ4n) is 1.49. The lowest BCUT2D eigenvalue weighted by molar-refractivity contribution is 0.202. The van der Waals surface area contributed by atoms with Gasteiger partial charge in [0.25, 0.3) is 0 Å². The van der Waals surface area contributed by atoms with E-state index in [4.69, 9.17) is 27.8 Å². The molecule has 17 heavy (non-hydrogen) atoms. The maximum atomic E-state index is 9.05. The van der Waals surface area contributed by atoms with E-state index in [-0.39, 0.29) is 6.61 Å². The second-order valence-electron chi connectivity index (χ2n) is 3.44. The minimum Gasteiger partial charge on any atom is -0.395 e. The Balaban J connectivity index is 2.95. The molecule has 1 aromatic heterocycles. The molecule has 0 amide bonds. The summed E-state index contributed by atoms with van der Waals surface area (Å²) in [4.78, 5) is 6.46. The fraction of sp³-hybridized carbons (Fsp3) is 0.455. The summed E-state index contributed by atoms with van der Waals surface area (Å²) in [6.07, 6.45) is 1.67. The summed E-state index contributed by atoms with van der Waals surface area (Å²) in [5.41, 5.74) is 6.36. The van der Waals surface area contributed by atoms with Gasteiger partial charge >= 0.3 is 0 Å². The third kappa shape index (κ3) is 3.92. The van der Waals surface area contributed by atoms with Crippen LogP contribution in [0.3, 0.4) is 0 Å². The third-order valence-corrected chi connectivity index (χ3v) is 2.51. The minimum absolute atomic E-state index is 0.0388. The number of hydrogen-bond donors (Lipinski definition) is 2. The Morgan fingerprint density at radius 2 is 2.35 bits per heavy atom. The Labute approximate surface area is 106 Å². The molecule has 1 heterocycles. The number of rotatable bonds is 7. The van der Waals surface area contributed by atoms with Crippen molar-refractivity contribution in [2.45, 2.75) is 0 Å². The zero-order chi connectivity index (χ0) is 12.7. The molecule has 0 bridgehead atoms. The first-order valence-electron chi connectivity index (χ1n) is 5.30. The van der Waals surface area contributed by atoms with Crippen LogP contribution in [0, 0.1) is 0 Å². The molecule has 1 rings (SSSR count). The van der Waals surface area contributed by atoms with Crippen molar-refractivity contribution in [1.29, 1.82) is 0 Å². The van der Waals surface area contributed by atoms with Crippen LogP contribution in [0.15, 0.2) is 18.3 Å². The molecule has 0 saturated heterocycles. The van der Waals surface area contributed by atoms with Crippen molar-refractivity contribution in [1.82, 2.24) is 4.98 Å². The van der Waals surface area contributed by atoms with Gasteiger partial charge in [-0.1, -0.05) is 12.2 Å². The molecule has 5 nitrogen and oxygen atoms in total. The van der Waals surface area contributed by atoms with Crippen LogP contribution in [0.1, 0.15) is 5.56 Å². The van der Waals surface area contributed by atoms with Crippen molar-refractivity contribution in [3.8, 4) is 0 Å². The van der Waals surface area contributed by atoms with Gasteiger partial charge in [-0.2, -0.15) is 0 Å². The number of pyridine rings is 1. The first kappa shape index (κ1) is 13.8. The van der Waals surface area contributed by atoms with Crippen LogP contribution in [-0.2, 0) is 4.74 Å². The van der Waals surface area contributed by atoms with Crippen molar-refractivity contribution in [3.63, 3.8) is 0 Å². The molecular weight excluding hydrogens is 238 g/mol. The molecule has 0 saturated carbocycles. The number of methoxy groups -OCH3 is 1. The Kier molecular flexibility index (Phi) is 5.82. The molecule has 0 fully saturated rings. The Bertz CT molecular complexity index is 373. The average Bonchev–Trinajstić information content (AvgIpc) is 2.34. The quantitative estimate of drug-likeness (QED) is 0.676. The first-order valence-corrected chi connectivity index (χ1v) is 5.71. The van der Waals surface area contributed by atoms with Crippen molar-refractivity contribution in [2.75, 3.05) is 38.3 Å². The predicted molar refractivity (Wildman–Crippen MR) is 71.3 cm³/mol. The van der Waals surface area contributed by atoms with Crippen molar-refractivity contribution < 1.29 is 9.84 Å². The van der Waals surface area contributed by atoms with Crippen LogP contribution in [0.5, 0.6) is 0 Å². The summed E-state index contributed by atoms with van der Waals surface area (Å²) in [5.74, 6) is 0.686. The van der Waals surface area contributed by atoms with Crippen LogP contribution in [-0.4, -0.2) is 48.5 Å². The van der Waals surface area contributed by atoms with Gasteiger partial charge in [-0.05, 0) is 12.1 Å². The highest BCUT2D eigenvalue weighted by molar-refractivity contribution is 7.80. The number of aliphatic hydroxyl groups excluding tert-OH is 1. The topological polar surface area (TPSA) is 71.6 Å². The number of nitrogens with two attached hydrogens (primary N) is 1. The monoisotopic (exact) mass is 255 g/mol. The molecule has 3 N–H and O–H groups in total. The largest absolute Gasteiger partial charge is 0.395 e. The van der Waals surface area contributed by atoms with E-state index < -0.39 is 0 Å². The van der Waals surface area contributed by atoms with Gasteiger partial charge in [0.15, 0.2) is 0 Å². The van der Waals surface area contributed by atoms with Gasteiger partial charge < -0.3 is 20.5 Å². The highest BCUT2D eigenvalue weighted by atomic mass is 32.1. The van der Waals surface area contributed by atoms with Crippen LogP contribution in [0.25, 0.3) is 0 Å². The molecule has 0 atom stereocenters. The number of aromatic nitrogens is 1. The van der Waals surface area contributed by atoms with E-state index in [1.165, 1.54) is 0 Å². The second-order valence-corrected chi connectivity index (χ2v) is 3.88. The van der Waals surface area contributed by atoms with Gasteiger partial charge in [-0.3, -0.25) is 0 Å². The fourth-order valence-corrected chi connectivity index (χ4v) is 1.65. The number of thiocarbonyl (C=S) groups is 1. The van der Waals surface area contributed by atoms with E-state index in [0.29, 0.717) is 36.1 Å². The molecule has 0 aromatic carbocycles. The smallest absolute Gasteiger partial charge is 0.138 e. The summed E-state index contributed by atoms with van der Waals surface area (Å²) >= 11 is 4.98. The number of nitrogens with zero attached hydrogens (tertiary/aromatic N) is 2. The second kappa shape index (κ2) is 7.16. The number of aliphatic hydroxyl groups is 1. The molecule has 0 aliphatic rings. The molecule has 1 aromatic rings. The molecule has 0 unspecified atom stereocenters. The van der Waals surface area contributed by atoms with Crippen LogP contribution in [0.2, 0.25) is 0 Å². The summed E-state index contributed by atoms with van der Waals surface area (Å²) in [7, 11) is 1.63. The standard InChI is InChI=1S/C11H17N3O2S/c1-16-8-6-14(5-7-15)11-9(10(12)17)3-2-4-13-11/h2-4,15H,5-8H2,1H3,(H2,12,17). The Hall–Kier alpha value is -1.24. The minimum atomic E-state index is 0.0388. The van der Waals surface area contributed by atoms with Crippen molar-refractivity contribution in [2.24, 2.45) is 5.73 Å². The van der Waals surface area contributed by atoms with E-state index in [1.54, 1.807) is 19.4 Å². The lowest BCUT2D eigenvalue weighted by Crippen LogP contribution is -2.32. The van der Waals surface area contributed by atoms with Gasteiger partial charge in [-0.25, -0.2) is 4.98 Å². The van der Waals surface area contributed by atoms with E-state index >= 15 is 0 Å². The number of anilines is 1. The summed E-state index contributed by atoms with van der Waals surface area (Å²) in [5, 5.41) is 9.05. The molecule has 0 aliphatic heterocycles. The van der Waals surface area contributed by atoms with Crippen molar-refractivity contribution in [3.05, 3.63) is 23.9 Å². The molecule has 6 heteroatoms. The van der Waals surface area contributed by atoms with Crippen LogP contribution >= 0.6 is 12.2 Å². The molecule has 94 valence electrons. The zero-order valence-electron chi connectivity index (χ0n) is 9.80. The first-order chi connectivity index (χ1) is 8.20. The van der Waals surface area contributed by atoms with Gasteiger partial charge in [0, 0.05) is 26.4 Å². The maximum Gasteiger partial charge on any atom is 0.138 e. The SMILES string of the molecule is COCCN(CCO)c1ncccc1C(N)=S. The molecule has 0 aliphatic carbocycles. The molecule has 0 spiro atoms. The molecular formula is C11H17N3O2S. The lowest BCUT2D eigenvalue weighted by Gasteiger charge is -2.24. The van der Waals surface area contributed by atoms with Gasteiger partial charge in [0.05, 0.1) is 18.8 Å². The highest BCUT2D eigenvalue weighted by Crippen LogP contribution is 2.16. The Morgan fingerprint density at radius 3 is 2.94 bits per heavy atom. The summed E-state index contributed by atoms with van der Waals surface area (Å²) in [6.45, 7) is 1.68. The van der Waals surface area contributed by atoms with Gasteiger partial charge in [0.2, 0.25) is 0 Å². The molecule has 0 radical (unpaired) electrons. The normalized spacial score (nSPS) is 10.2.